The van der Waals surface area contributed by atoms with Gasteiger partial charge in [0.1, 0.15) is 0 Å². The summed E-state index contributed by atoms with van der Waals surface area (Å²) in [6.45, 7) is 0. The van der Waals surface area contributed by atoms with Gasteiger partial charge < -0.3 is 20.1 Å². The summed E-state index contributed by atoms with van der Waals surface area (Å²) in [5, 5.41) is 0. The van der Waals surface area contributed by atoms with Crippen molar-refractivity contribution in [3.8, 4) is 11.5 Å². The molecular formula is C15H19BrN2O3. The van der Waals surface area contributed by atoms with Crippen molar-refractivity contribution in [2.45, 2.75) is 37.4 Å². The Labute approximate surface area is 132 Å². The Kier molecular flexibility index (Phi) is 3.84. The molecule has 2 unspecified atom stereocenters. The molecule has 2 fully saturated rings. The number of hydrogen-bond donors (Lipinski definition) is 1. The highest BCUT2D eigenvalue weighted by atomic mass is 79.9. The number of amides is 1. The number of hydrogen-bond acceptors (Lipinski definition) is 4. The van der Waals surface area contributed by atoms with Crippen LogP contribution in [-0.2, 0) is 4.79 Å². The molecule has 1 aromatic rings. The maximum atomic E-state index is 12.2. The molecule has 114 valence electrons. The van der Waals surface area contributed by atoms with Crippen LogP contribution in [0.3, 0.4) is 0 Å². The summed E-state index contributed by atoms with van der Waals surface area (Å²) < 4.78 is 11.6. The highest BCUT2D eigenvalue weighted by molar-refractivity contribution is 9.10. The molecule has 6 heteroatoms. The lowest BCUT2D eigenvalue weighted by atomic mass is 10.00. The van der Waals surface area contributed by atoms with Gasteiger partial charge in [-0.05, 0) is 30.5 Å². The Balaban J connectivity index is 2.03. The van der Waals surface area contributed by atoms with Crippen molar-refractivity contribution in [2.24, 2.45) is 5.73 Å². The van der Waals surface area contributed by atoms with E-state index in [-0.39, 0.29) is 18.0 Å². The molecular weight excluding hydrogens is 336 g/mol. The van der Waals surface area contributed by atoms with E-state index < -0.39 is 0 Å². The normalized spacial score (nSPS) is 25.3. The lowest BCUT2D eigenvalue weighted by Crippen LogP contribution is -2.34. The van der Waals surface area contributed by atoms with Crippen LogP contribution < -0.4 is 15.2 Å². The first-order valence-corrected chi connectivity index (χ1v) is 7.84. The van der Waals surface area contributed by atoms with Gasteiger partial charge in [0.25, 0.3) is 0 Å². The van der Waals surface area contributed by atoms with Gasteiger partial charge in [0, 0.05) is 23.0 Å². The van der Waals surface area contributed by atoms with Crippen LogP contribution in [0.15, 0.2) is 16.6 Å². The third-order valence-electron chi connectivity index (χ3n) is 4.17. The molecule has 0 aromatic heterocycles. The molecule has 3 rings (SSSR count). The van der Waals surface area contributed by atoms with Gasteiger partial charge in [-0.2, -0.15) is 0 Å². The van der Waals surface area contributed by atoms with Gasteiger partial charge in [0.2, 0.25) is 5.91 Å². The van der Waals surface area contributed by atoms with Crippen molar-refractivity contribution in [3.63, 3.8) is 0 Å². The van der Waals surface area contributed by atoms with Crippen LogP contribution in [0.4, 0.5) is 0 Å². The van der Waals surface area contributed by atoms with Crippen molar-refractivity contribution in [1.82, 2.24) is 4.90 Å². The Hall–Kier alpha value is -1.27. The second-order valence-corrected chi connectivity index (χ2v) is 6.43. The van der Waals surface area contributed by atoms with Crippen LogP contribution in [0.5, 0.6) is 11.5 Å². The van der Waals surface area contributed by atoms with Crippen LogP contribution >= 0.6 is 15.9 Å². The minimum Gasteiger partial charge on any atom is -0.493 e. The van der Waals surface area contributed by atoms with Crippen molar-refractivity contribution < 1.29 is 14.3 Å². The molecule has 5 nitrogen and oxygen atoms in total. The Morgan fingerprint density at radius 2 is 1.86 bits per heavy atom. The summed E-state index contributed by atoms with van der Waals surface area (Å²) in [6, 6.07) is 3.85. The van der Waals surface area contributed by atoms with Gasteiger partial charge in [-0.15, -0.1) is 0 Å². The minimum atomic E-state index is -0.187. The minimum absolute atomic E-state index is 0.0980. The number of nitrogens with two attached hydrogens (primary N) is 1. The van der Waals surface area contributed by atoms with Crippen molar-refractivity contribution in [3.05, 3.63) is 22.2 Å². The van der Waals surface area contributed by atoms with E-state index in [1.165, 1.54) is 0 Å². The van der Waals surface area contributed by atoms with Crippen LogP contribution in [0.1, 0.15) is 30.9 Å². The van der Waals surface area contributed by atoms with Gasteiger partial charge in [-0.25, -0.2) is 0 Å². The highest BCUT2D eigenvalue weighted by Crippen LogP contribution is 2.45. The zero-order chi connectivity index (χ0) is 15.1. The molecule has 1 amide bonds. The number of carbonyl (C=O) groups is 1. The maximum Gasteiger partial charge on any atom is 0.225 e. The fraction of sp³-hybridized carbons (Fsp3) is 0.533. The first-order valence-electron chi connectivity index (χ1n) is 7.05. The van der Waals surface area contributed by atoms with E-state index in [0.29, 0.717) is 24.0 Å². The lowest BCUT2D eigenvalue weighted by Gasteiger charge is -2.28. The van der Waals surface area contributed by atoms with E-state index in [1.807, 2.05) is 17.0 Å². The maximum absolute atomic E-state index is 12.2. The first-order chi connectivity index (χ1) is 10.1. The first kappa shape index (κ1) is 14.7. The van der Waals surface area contributed by atoms with Crippen LogP contribution in [0.2, 0.25) is 0 Å². The number of halogens is 1. The quantitative estimate of drug-likeness (QED) is 0.900. The van der Waals surface area contributed by atoms with E-state index in [4.69, 9.17) is 15.2 Å². The fourth-order valence-electron chi connectivity index (χ4n) is 3.04. The predicted molar refractivity (Wildman–Crippen MR) is 82.4 cm³/mol. The van der Waals surface area contributed by atoms with Gasteiger partial charge in [-0.3, -0.25) is 4.79 Å². The molecule has 1 saturated heterocycles. The fourth-order valence-corrected chi connectivity index (χ4v) is 3.60. The zero-order valence-corrected chi connectivity index (χ0v) is 13.7. The molecule has 0 radical (unpaired) electrons. The second-order valence-electron chi connectivity index (χ2n) is 5.57. The van der Waals surface area contributed by atoms with Crippen molar-refractivity contribution in [2.75, 3.05) is 14.2 Å². The summed E-state index contributed by atoms with van der Waals surface area (Å²) in [5.41, 5.74) is 7.22. The summed E-state index contributed by atoms with van der Waals surface area (Å²) >= 11 is 3.58. The number of benzene rings is 1. The molecule has 2 N–H and O–H groups in total. The average molecular weight is 355 g/mol. The standard InChI is InChI=1S/C15H19BrN2O3/c1-20-12-5-9(10(16)6-13(12)21-2)15-11(17)7-14(19)18(15)8-3-4-8/h5-6,8,11,15H,3-4,7,17H2,1-2H3. The van der Waals surface area contributed by atoms with E-state index in [9.17, 15) is 4.79 Å². The van der Waals surface area contributed by atoms with E-state index in [0.717, 1.165) is 22.9 Å². The van der Waals surface area contributed by atoms with Crippen molar-refractivity contribution in [1.29, 1.82) is 0 Å². The molecule has 1 aliphatic heterocycles. The summed E-state index contributed by atoms with van der Waals surface area (Å²) in [5.74, 6) is 1.46. The summed E-state index contributed by atoms with van der Waals surface area (Å²) in [4.78, 5) is 14.2. The third-order valence-corrected chi connectivity index (χ3v) is 4.85. The van der Waals surface area contributed by atoms with Crippen LogP contribution in [0, 0.1) is 0 Å². The Morgan fingerprint density at radius 3 is 2.43 bits per heavy atom. The second kappa shape index (κ2) is 5.50. The highest BCUT2D eigenvalue weighted by Gasteiger charge is 2.46. The molecule has 1 heterocycles. The molecule has 0 spiro atoms. The predicted octanol–water partition coefficient (Wildman–Crippen LogP) is 2.23. The smallest absolute Gasteiger partial charge is 0.225 e. The topological polar surface area (TPSA) is 64.8 Å². The molecule has 1 aromatic carbocycles. The molecule has 1 aliphatic carbocycles. The van der Waals surface area contributed by atoms with E-state index in [2.05, 4.69) is 15.9 Å². The lowest BCUT2D eigenvalue weighted by molar-refractivity contribution is -0.129. The summed E-state index contributed by atoms with van der Waals surface area (Å²) in [6.07, 6.45) is 2.54. The molecule has 2 aliphatic rings. The number of carbonyl (C=O) groups excluding carboxylic acids is 1. The van der Waals surface area contributed by atoms with Crippen LogP contribution in [0.25, 0.3) is 0 Å². The Morgan fingerprint density at radius 1 is 1.24 bits per heavy atom. The third kappa shape index (κ3) is 2.51. The van der Waals surface area contributed by atoms with Crippen molar-refractivity contribution >= 4 is 21.8 Å². The molecule has 21 heavy (non-hydrogen) atoms. The van der Waals surface area contributed by atoms with Gasteiger partial charge in [0.05, 0.1) is 20.3 Å². The number of likely N-dealkylation sites (tertiary alicyclic amines) is 1. The monoisotopic (exact) mass is 354 g/mol. The number of ether oxygens (including phenoxy) is 2. The molecule has 2 atom stereocenters. The molecule has 1 saturated carbocycles. The van der Waals surface area contributed by atoms with Crippen LogP contribution in [-0.4, -0.2) is 37.1 Å². The van der Waals surface area contributed by atoms with Gasteiger partial charge >= 0.3 is 0 Å². The van der Waals surface area contributed by atoms with Gasteiger partial charge in [0.15, 0.2) is 11.5 Å². The Bertz CT molecular complexity index is 574. The average Bonchev–Trinajstić information content (AvgIpc) is 3.24. The van der Waals surface area contributed by atoms with E-state index in [1.54, 1.807) is 14.2 Å². The largest absolute Gasteiger partial charge is 0.493 e. The molecule has 0 bridgehead atoms. The van der Waals surface area contributed by atoms with E-state index >= 15 is 0 Å². The zero-order valence-electron chi connectivity index (χ0n) is 12.1. The SMILES string of the molecule is COc1cc(Br)c(C2C(N)CC(=O)N2C2CC2)cc1OC. The number of nitrogens with zero attached hydrogens (tertiary/aromatic N) is 1. The van der Waals surface area contributed by atoms with Gasteiger partial charge in [-0.1, -0.05) is 15.9 Å². The summed E-state index contributed by atoms with van der Waals surface area (Å²) in [7, 11) is 3.21. The number of methoxy groups -OCH3 is 2. The number of rotatable bonds is 4.